The highest BCUT2D eigenvalue weighted by molar-refractivity contribution is 6.09. The van der Waals surface area contributed by atoms with Crippen molar-refractivity contribution in [3.8, 4) is 28.7 Å². The van der Waals surface area contributed by atoms with Gasteiger partial charge in [-0.15, -0.1) is 0 Å². The first kappa shape index (κ1) is 29.0. The molecule has 43 heavy (non-hydrogen) atoms. The van der Waals surface area contributed by atoms with E-state index >= 15 is 0 Å². The van der Waals surface area contributed by atoms with Crippen molar-refractivity contribution in [3.05, 3.63) is 155 Å². The molecule has 0 aliphatic carbocycles. The number of allylic oxidation sites excluding steroid dienone is 1. The molecule has 0 aliphatic heterocycles. The van der Waals surface area contributed by atoms with Crippen molar-refractivity contribution in [2.24, 2.45) is 0 Å². The molecule has 5 aromatic rings. The Kier molecular flexibility index (Phi) is 9.73. The van der Waals surface area contributed by atoms with Gasteiger partial charge >= 0.3 is 0 Å². The van der Waals surface area contributed by atoms with Crippen molar-refractivity contribution in [2.45, 2.75) is 19.8 Å². The Morgan fingerprint density at radius 1 is 0.651 bits per heavy atom. The van der Waals surface area contributed by atoms with Gasteiger partial charge in [-0.1, -0.05) is 109 Å². The Morgan fingerprint density at radius 2 is 1.14 bits per heavy atom. The minimum Gasteiger partial charge on any atom is -0.504 e. The molecule has 5 aromatic carbocycles. The number of methoxy groups -OCH3 is 1. The Bertz CT molecular complexity index is 1650. The molecule has 0 saturated carbocycles. The third-order valence-corrected chi connectivity index (χ3v) is 6.67. The van der Waals surface area contributed by atoms with Gasteiger partial charge in [-0.3, -0.25) is 4.79 Å². The van der Waals surface area contributed by atoms with Crippen LogP contribution in [0.3, 0.4) is 0 Å². The summed E-state index contributed by atoms with van der Waals surface area (Å²) in [4.78, 5) is 13.3. The van der Waals surface area contributed by atoms with Crippen LogP contribution < -0.4 is 18.9 Å². The number of rotatable bonds is 13. The summed E-state index contributed by atoms with van der Waals surface area (Å²) in [6, 6.07) is 38.0. The van der Waals surface area contributed by atoms with Crippen LogP contribution in [0.25, 0.3) is 6.08 Å². The molecule has 0 heterocycles. The van der Waals surface area contributed by atoms with E-state index in [4.69, 9.17) is 18.9 Å². The number of phenols is 1. The molecule has 0 saturated heterocycles. The van der Waals surface area contributed by atoms with Gasteiger partial charge in [0, 0.05) is 0 Å². The number of carbonyl (C=O) groups is 1. The molecule has 0 amide bonds. The van der Waals surface area contributed by atoms with E-state index in [1.807, 2.05) is 115 Å². The highest BCUT2D eigenvalue weighted by atomic mass is 16.5. The highest BCUT2D eigenvalue weighted by Gasteiger charge is 2.24. The molecule has 6 heteroatoms. The maximum atomic E-state index is 13.3. The summed E-state index contributed by atoms with van der Waals surface area (Å²) < 4.78 is 23.6. The Balaban J connectivity index is 1.36. The molecule has 6 nitrogen and oxygen atoms in total. The molecule has 0 bridgehead atoms. The monoisotopic (exact) mass is 572 g/mol. The molecule has 216 valence electrons. The zero-order valence-electron chi connectivity index (χ0n) is 23.8. The molecule has 0 radical (unpaired) electrons. The number of ether oxygens (including phenoxy) is 4. The fraction of sp³-hybridized carbons (Fsp3) is 0.108. The van der Waals surface area contributed by atoms with E-state index in [-0.39, 0.29) is 41.8 Å². The fourth-order valence-electron chi connectivity index (χ4n) is 4.35. The standard InChI is InChI=1S/C37H32O6/c1-40-34-23-32(33(38)22-19-27-17-20-31(21-18-27)41-24-28-11-5-2-6-12-28)35(39)37(43-26-30-15-9-4-10-16-30)36(34)42-25-29-13-7-3-8-14-29/h2-23,39H,24-26H2,1H3/b22-19+. The summed E-state index contributed by atoms with van der Waals surface area (Å²) in [5, 5.41) is 11.3. The van der Waals surface area contributed by atoms with Crippen molar-refractivity contribution in [1.29, 1.82) is 0 Å². The van der Waals surface area contributed by atoms with Crippen LogP contribution in [0.2, 0.25) is 0 Å². The van der Waals surface area contributed by atoms with Crippen LogP contribution in [0.1, 0.15) is 32.6 Å². The quantitative estimate of drug-likeness (QED) is 0.114. The zero-order chi connectivity index (χ0) is 29.9. The van der Waals surface area contributed by atoms with Crippen LogP contribution >= 0.6 is 0 Å². The zero-order valence-corrected chi connectivity index (χ0v) is 23.8. The van der Waals surface area contributed by atoms with Gasteiger partial charge in [0.05, 0.1) is 12.7 Å². The first-order valence-electron chi connectivity index (χ1n) is 13.9. The molecular weight excluding hydrogens is 540 g/mol. The Labute approximate surface area is 251 Å². The Morgan fingerprint density at radius 3 is 1.65 bits per heavy atom. The van der Waals surface area contributed by atoms with Gasteiger partial charge in [-0.25, -0.2) is 0 Å². The number of benzene rings is 5. The van der Waals surface area contributed by atoms with Crippen LogP contribution in [0, 0.1) is 0 Å². The summed E-state index contributed by atoms with van der Waals surface area (Å²) in [7, 11) is 1.48. The van der Waals surface area contributed by atoms with Gasteiger partial charge in [-0.05, 0) is 46.5 Å². The number of phenolic OH excluding ortho intramolecular Hbond substituents is 1. The summed E-state index contributed by atoms with van der Waals surface area (Å²) in [6.07, 6.45) is 3.08. The average Bonchev–Trinajstić information content (AvgIpc) is 3.06. The third kappa shape index (κ3) is 7.83. The van der Waals surface area contributed by atoms with Gasteiger partial charge in [-0.2, -0.15) is 0 Å². The minimum absolute atomic E-state index is 0.0334. The van der Waals surface area contributed by atoms with Crippen LogP contribution in [-0.2, 0) is 19.8 Å². The lowest BCUT2D eigenvalue weighted by atomic mass is 10.1. The van der Waals surface area contributed by atoms with E-state index in [2.05, 4.69) is 0 Å². The van der Waals surface area contributed by atoms with Crippen LogP contribution in [-0.4, -0.2) is 18.0 Å². The van der Waals surface area contributed by atoms with Crippen molar-refractivity contribution in [2.75, 3.05) is 7.11 Å². The van der Waals surface area contributed by atoms with Crippen molar-refractivity contribution >= 4 is 11.9 Å². The van der Waals surface area contributed by atoms with E-state index in [1.54, 1.807) is 6.08 Å². The van der Waals surface area contributed by atoms with E-state index in [9.17, 15) is 9.90 Å². The lowest BCUT2D eigenvalue weighted by Gasteiger charge is -2.19. The molecule has 0 spiro atoms. The van der Waals surface area contributed by atoms with E-state index < -0.39 is 5.78 Å². The van der Waals surface area contributed by atoms with Crippen LogP contribution in [0.5, 0.6) is 28.7 Å². The normalized spacial score (nSPS) is 10.8. The van der Waals surface area contributed by atoms with Gasteiger partial charge in [0.1, 0.15) is 25.6 Å². The first-order chi connectivity index (χ1) is 21.1. The van der Waals surface area contributed by atoms with Gasteiger partial charge < -0.3 is 24.1 Å². The first-order valence-corrected chi connectivity index (χ1v) is 13.9. The second-order valence-electron chi connectivity index (χ2n) is 9.72. The summed E-state index contributed by atoms with van der Waals surface area (Å²) in [6.45, 7) is 0.845. The van der Waals surface area contributed by atoms with Gasteiger partial charge in [0.15, 0.2) is 17.3 Å². The van der Waals surface area contributed by atoms with E-state index in [1.165, 1.54) is 19.3 Å². The summed E-state index contributed by atoms with van der Waals surface area (Å²) in [5.74, 6) is 0.509. The predicted octanol–water partition coefficient (Wildman–Crippen LogP) is 8.03. The smallest absolute Gasteiger partial charge is 0.208 e. The second-order valence-corrected chi connectivity index (χ2v) is 9.72. The highest BCUT2D eigenvalue weighted by Crippen LogP contribution is 2.47. The van der Waals surface area contributed by atoms with Crippen LogP contribution in [0.15, 0.2) is 127 Å². The van der Waals surface area contributed by atoms with Crippen molar-refractivity contribution in [1.82, 2.24) is 0 Å². The molecular formula is C37H32O6. The number of hydrogen-bond acceptors (Lipinski definition) is 6. The second kappa shape index (κ2) is 14.4. The Hall–Kier alpha value is -5.49. The molecule has 0 fully saturated rings. The molecule has 5 rings (SSSR count). The number of hydrogen-bond donors (Lipinski definition) is 1. The fourth-order valence-corrected chi connectivity index (χ4v) is 4.35. The molecule has 0 aromatic heterocycles. The van der Waals surface area contributed by atoms with E-state index in [0.717, 1.165) is 28.0 Å². The number of carbonyl (C=O) groups excluding carboxylic acids is 1. The predicted molar refractivity (Wildman–Crippen MR) is 167 cm³/mol. The molecule has 0 unspecified atom stereocenters. The third-order valence-electron chi connectivity index (χ3n) is 6.67. The topological polar surface area (TPSA) is 74.2 Å². The maximum Gasteiger partial charge on any atom is 0.208 e. The molecule has 0 atom stereocenters. The van der Waals surface area contributed by atoms with Gasteiger partial charge in [0.25, 0.3) is 0 Å². The summed E-state index contributed by atoms with van der Waals surface area (Å²) >= 11 is 0. The average molecular weight is 573 g/mol. The lowest BCUT2D eigenvalue weighted by molar-refractivity contribution is 0.104. The van der Waals surface area contributed by atoms with E-state index in [0.29, 0.717) is 6.61 Å². The van der Waals surface area contributed by atoms with Gasteiger partial charge in [0.2, 0.25) is 11.5 Å². The largest absolute Gasteiger partial charge is 0.504 e. The minimum atomic E-state index is -0.417. The SMILES string of the molecule is COc1cc(C(=O)/C=C/c2ccc(OCc3ccccc3)cc2)c(O)c(OCc2ccccc2)c1OCc1ccccc1. The number of ketones is 1. The maximum absolute atomic E-state index is 13.3. The number of aromatic hydroxyl groups is 1. The molecule has 1 N–H and O–H groups in total. The van der Waals surface area contributed by atoms with Crippen molar-refractivity contribution < 1.29 is 28.8 Å². The lowest BCUT2D eigenvalue weighted by Crippen LogP contribution is -2.06. The van der Waals surface area contributed by atoms with Crippen LogP contribution in [0.4, 0.5) is 0 Å². The molecule has 0 aliphatic rings. The van der Waals surface area contributed by atoms with Crippen molar-refractivity contribution in [3.63, 3.8) is 0 Å². The summed E-state index contributed by atoms with van der Waals surface area (Å²) in [5.41, 5.74) is 3.73.